The average molecular weight is 390 g/mol. The SMILES string of the molecule is CCCCc1ccc(-c2ccc(OC(=O)C3(C#N)CCCC(CC)C3)cc2)cc1. The highest BCUT2D eigenvalue weighted by Crippen LogP contribution is 2.41. The monoisotopic (exact) mass is 389 g/mol. The van der Waals surface area contributed by atoms with Gasteiger partial charge in [-0.3, -0.25) is 0 Å². The molecule has 1 aliphatic rings. The van der Waals surface area contributed by atoms with Gasteiger partial charge in [-0.1, -0.05) is 75.9 Å². The van der Waals surface area contributed by atoms with Crippen LogP contribution in [0.1, 0.15) is 64.4 Å². The van der Waals surface area contributed by atoms with Gasteiger partial charge in [0.1, 0.15) is 5.75 Å². The fourth-order valence-corrected chi connectivity index (χ4v) is 4.24. The Morgan fingerprint density at radius 3 is 2.34 bits per heavy atom. The lowest BCUT2D eigenvalue weighted by Crippen LogP contribution is -2.38. The highest BCUT2D eigenvalue weighted by atomic mass is 16.5. The van der Waals surface area contributed by atoms with Gasteiger partial charge in [0.25, 0.3) is 0 Å². The Kier molecular flexibility index (Phi) is 7.09. The average Bonchev–Trinajstić information content (AvgIpc) is 2.78. The molecule has 2 atom stereocenters. The molecule has 1 fully saturated rings. The van der Waals surface area contributed by atoms with Crippen LogP contribution in [0.3, 0.4) is 0 Å². The van der Waals surface area contributed by atoms with E-state index < -0.39 is 11.4 Å². The van der Waals surface area contributed by atoms with Gasteiger partial charge in [0.15, 0.2) is 5.41 Å². The molecular weight excluding hydrogens is 358 g/mol. The highest BCUT2D eigenvalue weighted by Gasteiger charge is 2.44. The summed E-state index contributed by atoms with van der Waals surface area (Å²) >= 11 is 0. The lowest BCUT2D eigenvalue weighted by atomic mass is 9.70. The predicted octanol–water partition coefficient (Wildman–Crippen LogP) is 6.71. The first-order chi connectivity index (χ1) is 14.1. The number of benzene rings is 2. The summed E-state index contributed by atoms with van der Waals surface area (Å²) in [6.07, 6.45) is 7.75. The van der Waals surface area contributed by atoms with Gasteiger partial charge in [0.05, 0.1) is 6.07 Å². The normalized spacial score (nSPS) is 21.3. The Labute approximate surface area is 174 Å². The van der Waals surface area contributed by atoms with Crippen molar-refractivity contribution >= 4 is 5.97 Å². The number of carbonyl (C=O) groups is 1. The fourth-order valence-electron chi connectivity index (χ4n) is 4.24. The third kappa shape index (κ3) is 5.07. The van der Waals surface area contributed by atoms with E-state index in [2.05, 4.69) is 44.2 Å². The zero-order chi connectivity index (χ0) is 20.7. The summed E-state index contributed by atoms with van der Waals surface area (Å²) in [7, 11) is 0. The van der Waals surface area contributed by atoms with Crippen LogP contribution in [-0.2, 0) is 11.2 Å². The van der Waals surface area contributed by atoms with E-state index in [4.69, 9.17) is 4.74 Å². The molecule has 3 rings (SSSR count). The van der Waals surface area contributed by atoms with Gasteiger partial charge >= 0.3 is 5.97 Å². The number of esters is 1. The number of ether oxygens (including phenoxy) is 1. The van der Waals surface area contributed by atoms with Crippen molar-refractivity contribution in [1.29, 1.82) is 5.26 Å². The number of aryl methyl sites for hydroxylation is 1. The molecule has 0 radical (unpaired) electrons. The van der Waals surface area contributed by atoms with Crippen LogP contribution in [0.2, 0.25) is 0 Å². The maximum Gasteiger partial charge on any atom is 0.331 e. The molecule has 29 heavy (non-hydrogen) atoms. The molecule has 0 bridgehead atoms. The number of carbonyl (C=O) groups excluding carboxylic acids is 1. The second-order valence-electron chi connectivity index (χ2n) is 8.28. The molecule has 0 aromatic heterocycles. The van der Waals surface area contributed by atoms with E-state index >= 15 is 0 Å². The van der Waals surface area contributed by atoms with Gasteiger partial charge in [0.2, 0.25) is 0 Å². The van der Waals surface area contributed by atoms with Gasteiger partial charge in [-0.2, -0.15) is 5.26 Å². The Hall–Kier alpha value is -2.60. The molecule has 0 saturated heterocycles. The van der Waals surface area contributed by atoms with Gasteiger partial charge in [-0.05, 0) is 60.4 Å². The zero-order valence-corrected chi connectivity index (χ0v) is 17.6. The summed E-state index contributed by atoms with van der Waals surface area (Å²) in [6, 6.07) is 18.5. The van der Waals surface area contributed by atoms with Crippen molar-refractivity contribution in [2.45, 2.75) is 65.2 Å². The van der Waals surface area contributed by atoms with Crippen LogP contribution in [0.5, 0.6) is 5.75 Å². The van der Waals surface area contributed by atoms with E-state index in [9.17, 15) is 10.1 Å². The smallest absolute Gasteiger partial charge is 0.331 e. The van der Waals surface area contributed by atoms with Crippen LogP contribution in [-0.4, -0.2) is 5.97 Å². The Morgan fingerprint density at radius 2 is 1.76 bits per heavy atom. The predicted molar refractivity (Wildman–Crippen MR) is 116 cm³/mol. The standard InChI is InChI=1S/C26H31NO2/c1-3-5-7-21-9-11-22(12-10-21)23-13-15-24(16-14-23)29-25(28)26(19-27)17-6-8-20(4-2)18-26/h9-16,20H,3-8,17-18H2,1-2H3. The molecule has 0 spiro atoms. The van der Waals surface area contributed by atoms with E-state index in [1.54, 1.807) is 0 Å². The second kappa shape index (κ2) is 9.74. The van der Waals surface area contributed by atoms with Crippen molar-refractivity contribution < 1.29 is 9.53 Å². The number of unbranched alkanes of at least 4 members (excludes halogenated alkanes) is 1. The number of hydrogen-bond donors (Lipinski definition) is 0. The molecule has 2 aromatic carbocycles. The van der Waals surface area contributed by atoms with E-state index in [0.717, 1.165) is 36.8 Å². The lowest BCUT2D eigenvalue weighted by molar-refractivity contribution is -0.145. The fraction of sp³-hybridized carbons (Fsp3) is 0.462. The van der Waals surface area contributed by atoms with Crippen molar-refractivity contribution in [3.05, 3.63) is 54.1 Å². The van der Waals surface area contributed by atoms with Crippen molar-refractivity contribution in [2.24, 2.45) is 11.3 Å². The van der Waals surface area contributed by atoms with Crippen LogP contribution in [0, 0.1) is 22.7 Å². The maximum absolute atomic E-state index is 12.8. The Morgan fingerprint density at radius 1 is 1.10 bits per heavy atom. The molecule has 1 saturated carbocycles. The summed E-state index contributed by atoms with van der Waals surface area (Å²) in [6.45, 7) is 4.33. The molecule has 2 aromatic rings. The van der Waals surface area contributed by atoms with E-state index in [1.165, 1.54) is 18.4 Å². The van der Waals surface area contributed by atoms with Gasteiger partial charge < -0.3 is 4.74 Å². The summed E-state index contributed by atoms with van der Waals surface area (Å²) in [5.41, 5.74) is 2.60. The molecule has 0 amide bonds. The van der Waals surface area contributed by atoms with Crippen LogP contribution in [0.4, 0.5) is 0 Å². The van der Waals surface area contributed by atoms with Crippen LogP contribution < -0.4 is 4.74 Å². The zero-order valence-electron chi connectivity index (χ0n) is 17.6. The minimum absolute atomic E-state index is 0.397. The van der Waals surface area contributed by atoms with Gasteiger partial charge in [-0.15, -0.1) is 0 Å². The first kappa shape index (κ1) is 21.1. The molecule has 3 nitrogen and oxygen atoms in total. The number of nitriles is 1. The van der Waals surface area contributed by atoms with Crippen LogP contribution >= 0.6 is 0 Å². The third-order valence-electron chi connectivity index (χ3n) is 6.21. The van der Waals surface area contributed by atoms with Crippen molar-refractivity contribution in [3.8, 4) is 22.9 Å². The minimum Gasteiger partial charge on any atom is -0.425 e. The topological polar surface area (TPSA) is 50.1 Å². The van der Waals surface area contributed by atoms with E-state index in [0.29, 0.717) is 24.5 Å². The summed E-state index contributed by atoms with van der Waals surface area (Å²) in [4.78, 5) is 12.8. The number of nitrogens with zero attached hydrogens (tertiary/aromatic N) is 1. The summed E-state index contributed by atoms with van der Waals surface area (Å²) < 4.78 is 5.63. The minimum atomic E-state index is -0.994. The highest BCUT2D eigenvalue weighted by molar-refractivity contribution is 5.82. The Balaban J connectivity index is 1.67. The van der Waals surface area contributed by atoms with Crippen molar-refractivity contribution in [1.82, 2.24) is 0 Å². The van der Waals surface area contributed by atoms with E-state index in [-0.39, 0.29) is 0 Å². The van der Waals surface area contributed by atoms with Gasteiger partial charge in [0, 0.05) is 0 Å². The quantitative estimate of drug-likeness (QED) is 0.390. The second-order valence-corrected chi connectivity index (χ2v) is 8.28. The van der Waals surface area contributed by atoms with E-state index in [1.807, 2.05) is 24.3 Å². The molecule has 0 heterocycles. The molecular formula is C26H31NO2. The number of rotatable bonds is 7. The Bertz CT molecular complexity index is 848. The number of hydrogen-bond acceptors (Lipinski definition) is 3. The largest absolute Gasteiger partial charge is 0.425 e. The molecule has 152 valence electrons. The lowest BCUT2D eigenvalue weighted by Gasteiger charge is -2.33. The molecule has 2 unspecified atom stereocenters. The maximum atomic E-state index is 12.8. The first-order valence-electron chi connectivity index (χ1n) is 10.9. The molecule has 0 N–H and O–H groups in total. The molecule has 0 aliphatic heterocycles. The van der Waals surface area contributed by atoms with Gasteiger partial charge in [-0.25, -0.2) is 4.79 Å². The van der Waals surface area contributed by atoms with Crippen molar-refractivity contribution in [3.63, 3.8) is 0 Å². The molecule has 1 aliphatic carbocycles. The first-order valence-corrected chi connectivity index (χ1v) is 10.9. The summed E-state index contributed by atoms with van der Waals surface area (Å²) in [5.74, 6) is 0.538. The third-order valence-corrected chi connectivity index (χ3v) is 6.21. The molecule has 3 heteroatoms. The van der Waals surface area contributed by atoms with Crippen molar-refractivity contribution in [2.75, 3.05) is 0 Å². The van der Waals surface area contributed by atoms with Crippen LogP contribution in [0.15, 0.2) is 48.5 Å². The summed E-state index contributed by atoms with van der Waals surface area (Å²) in [5, 5.41) is 9.72. The van der Waals surface area contributed by atoms with Crippen LogP contribution in [0.25, 0.3) is 11.1 Å².